The van der Waals surface area contributed by atoms with Crippen molar-refractivity contribution < 1.29 is 9.53 Å². The zero-order valence-corrected chi connectivity index (χ0v) is 8.82. The fraction of sp³-hybridized carbons (Fsp3) is 0. The fourth-order valence-corrected chi connectivity index (χ4v) is 1.49. The van der Waals surface area contributed by atoms with E-state index in [2.05, 4.69) is 15.9 Å². The van der Waals surface area contributed by atoms with Crippen LogP contribution in [0.3, 0.4) is 0 Å². The van der Waals surface area contributed by atoms with Gasteiger partial charge in [0.15, 0.2) is 0 Å². The number of hydrogen-bond donors (Lipinski definition) is 0. The van der Waals surface area contributed by atoms with Crippen molar-refractivity contribution in [1.29, 1.82) is 0 Å². The summed E-state index contributed by atoms with van der Waals surface area (Å²) in [6.45, 7) is 0. The molecule has 0 spiro atoms. The standard InChI is InChI=1S/C11H7BrO2/c12-7-9-6-10(11(13)14-9)8-4-2-1-3-5-8/h1-7H/b9-7-. The highest BCUT2D eigenvalue weighted by atomic mass is 79.9. The molecule has 0 unspecified atom stereocenters. The van der Waals surface area contributed by atoms with E-state index in [1.165, 1.54) is 0 Å². The largest absolute Gasteiger partial charge is 0.422 e. The molecule has 1 aliphatic heterocycles. The lowest BCUT2D eigenvalue weighted by Gasteiger charge is -1.97. The zero-order chi connectivity index (χ0) is 9.97. The summed E-state index contributed by atoms with van der Waals surface area (Å²) >= 11 is 3.12. The first-order valence-corrected chi connectivity index (χ1v) is 5.02. The van der Waals surface area contributed by atoms with Gasteiger partial charge in [-0.15, -0.1) is 0 Å². The fourth-order valence-electron chi connectivity index (χ4n) is 1.27. The number of allylic oxidation sites excluding steroid dienone is 1. The highest BCUT2D eigenvalue weighted by Crippen LogP contribution is 2.26. The first-order chi connectivity index (χ1) is 6.81. The molecule has 14 heavy (non-hydrogen) atoms. The molecule has 70 valence electrons. The van der Waals surface area contributed by atoms with Gasteiger partial charge < -0.3 is 4.74 Å². The van der Waals surface area contributed by atoms with Crippen LogP contribution in [-0.4, -0.2) is 5.97 Å². The second kappa shape index (κ2) is 3.80. The van der Waals surface area contributed by atoms with Crippen molar-refractivity contribution in [1.82, 2.24) is 0 Å². The summed E-state index contributed by atoms with van der Waals surface area (Å²) in [5, 5.41) is 0. The van der Waals surface area contributed by atoms with E-state index < -0.39 is 0 Å². The van der Waals surface area contributed by atoms with Crippen LogP contribution in [0.2, 0.25) is 0 Å². The van der Waals surface area contributed by atoms with E-state index in [1.807, 2.05) is 30.3 Å². The topological polar surface area (TPSA) is 26.3 Å². The highest BCUT2D eigenvalue weighted by Gasteiger charge is 2.21. The molecule has 1 heterocycles. The quantitative estimate of drug-likeness (QED) is 0.717. The van der Waals surface area contributed by atoms with Crippen molar-refractivity contribution in [3.05, 3.63) is 52.7 Å². The van der Waals surface area contributed by atoms with Crippen molar-refractivity contribution in [2.24, 2.45) is 0 Å². The van der Waals surface area contributed by atoms with E-state index in [9.17, 15) is 4.79 Å². The van der Waals surface area contributed by atoms with Gasteiger partial charge in [0, 0.05) is 4.99 Å². The lowest BCUT2D eigenvalue weighted by atomic mass is 10.1. The molecular weight excluding hydrogens is 244 g/mol. The molecule has 0 saturated carbocycles. The minimum atomic E-state index is -0.304. The van der Waals surface area contributed by atoms with E-state index in [0.717, 1.165) is 5.56 Å². The van der Waals surface area contributed by atoms with Gasteiger partial charge >= 0.3 is 5.97 Å². The van der Waals surface area contributed by atoms with E-state index >= 15 is 0 Å². The Morgan fingerprint density at radius 3 is 2.50 bits per heavy atom. The van der Waals surface area contributed by atoms with Gasteiger partial charge in [-0.2, -0.15) is 0 Å². The number of carbonyl (C=O) groups excluding carboxylic acids is 1. The lowest BCUT2D eigenvalue weighted by Crippen LogP contribution is -1.97. The van der Waals surface area contributed by atoms with E-state index in [-0.39, 0.29) is 5.97 Å². The van der Waals surface area contributed by atoms with Crippen LogP contribution in [0.25, 0.3) is 5.57 Å². The maximum absolute atomic E-state index is 11.4. The van der Waals surface area contributed by atoms with Crippen molar-refractivity contribution in [3.63, 3.8) is 0 Å². The van der Waals surface area contributed by atoms with Gasteiger partial charge in [-0.3, -0.25) is 0 Å². The second-order valence-electron chi connectivity index (χ2n) is 2.83. The van der Waals surface area contributed by atoms with Gasteiger partial charge in [0.25, 0.3) is 0 Å². The first kappa shape index (κ1) is 9.21. The van der Waals surface area contributed by atoms with Crippen molar-refractivity contribution in [2.75, 3.05) is 0 Å². The minimum Gasteiger partial charge on any atom is -0.422 e. The number of esters is 1. The maximum atomic E-state index is 11.4. The molecule has 0 fully saturated rings. The molecule has 0 aliphatic carbocycles. The third-order valence-corrected chi connectivity index (χ3v) is 2.36. The van der Waals surface area contributed by atoms with Crippen molar-refractivity contribution in [3.8, 4) is 0 Å². The molecule has 0 radical (unpaired) electrons. The van der Waals surface area contributed by atoms with Gasteiger partial charge in [0.1, 0.15) is 5.76 Å². The summed E-state index contributed by atoms with van der Waals surface area (Å²) < 4.78 is 4.96. The summed E-state index contributed by atoms with van der Waals surface area (Å²) in [5.41, 5.74) is 1.47. The molecule has 2 nitrogen and oxygen atoms in total. The Morgan fingerprint density at radius 2 is 1.93 bits per heavy atom. The second-order valence-corrected chi connectivity index (χ2v) is 3.28. The molecule has 1 aromatic rings. The predicted molar refractivity (Wildman–Crippen MR) is 57.5 cm³/mol. The monoisotopic (exact) mass is 250 g/mol. The van der Waals surface area contributed by atoms with E-state index in [4.69, 9.17) is 4.74 Å². The summed E-state index contributed by atoms with van der Waals surface area (Å²) in [5.74, 6) is 0.232. The number of carbonyl (C=O) groups is 1. The summed E-state index contributed by atoms with van der Waals surface area (Å²) in [6.07, 6.45) is 1.71. The molecule has 0 amide bonds. The highest BCUT2D eigenvalue weighted by molar-refractivity contribution is 9.11. The molecule has 2 rings (SSSR count). The third-order valence-electron chi connectivity index (χ3n) is 1.91. The summed E-state index contributed by atoms with van der Waals surface area (Å²) in [4.78, 5) is 13.0. The van der Waals surface area contributed by atoms with Crippen LogP contribution in [0, 0.1) is 0 Å². The van der Waals surface area contributed by atoms with E-state index in [0.29, 0.717) is 11.3 Å². The number of rotatable bonds is 1. The summed E-state index contributed by atoms with van der Waals surface area (Å²) in [7, 11) is 0. The molecule has 1 aromatic carbocycles. The number of cyclic esters (lactones) is 1. The van der Waals surface area contributed by atoms with Gasteiger partial charge in [-0.05, 0) is 11.6 Å². The van der Waals surface area contributed by atoms with Crippen LogP contribution in [0.5, 0.6) is 0 Å². The third kappa shape index (κ3) is 1.63. The molecule has 0 aromatic heterocycles. The van der Waals surface area contributed by atoms with Crippen LogP contribution in [-0.2, 0) is 9.53 Å². The number of hydrogen-bond acceptors (Lipinski definition) is 2. The van der Waals surface area contributed by atoms with Crippen molar-refractivity contribution in [2.45, 2.75) is 0 Å². The normalized spacial score (nSPS) is 18.2. The maximum Gasteiger partial charge on any atom is 0.344 e. The van der Waals surface area contributed by atoms with E-state index in [1.54, 1.807) is 11.1 Å². The molecule has 3 heteroatoms. The molecule has 1 aliphatic rings. The predicted octanol–water partition coefficient (Wildman–Crippen LogP) is 2.86. The molecule has 0 bridgehead atoms. The van der Waals surface area contributed by atoms with Gasteiger partial charge in [0.2, 0.25) is 0 Å². The van der Waals surface area contributed by atoms with Gasteiger partial charge in [-0.25, -0.2) is 4.79 Å². The van der Waals surface area contributed by atoms with Gasteiger partial charge in [0.05, 0.1) is 5.57 Å². The Hall–Kier alpha value is -1.35. The average molecular weight is 251 g/mol. The zero-order valence-electron chi connectivity index (χ0n) is 7.24. The Balaban J connectivity index is 2.41. The van der Waals surface area contributed by atoms with Crippen LogP contribution in [0.1, 0.15) is 5.56 Å². The molecule has 0 N–H and O–H groups in total. The van der Waals surface area contributed by atoms with Crippen LogP contribution >= 0.6 is 15.9 Å². The summed E-state index contributed by atoms with van der Waals surface area (Å²) in [6, 6.07) is 9.44. The van der Waals surface area contributed by atoms with Crippen LogP contribution in [0.4, 0.5) is 0 Å². The lowest BCUT2D eigenvalue weighted by molar-refractivity contribution is -0.131. The number of ether oxygens (including phenoxy) is 1. The van der Waals surface area contributed by atoms with Gasteiger partial charge in [-0.1, -0.05) is 46.3 Å². The van der Waals surface area contributed by atoms with Crippen LogP contribution < -0.4 is 0 Å². The number of benzene rings is 1. The Morgan fingerprint density at radius 1 is 1.21 bits per heavy atom. The van der Waals surface area contributed by atoms with Crippen molar-refractivity contribution >= 4 is 27.5 Å². The first-order valence-electron chi connectivity index (χ1n) is 4.11. The molecule has 0 atom stereocenters. The Kier molecular flexibility index (Phi) is 2.50. The number of halogens is 1. The smallest absolute Gasteiger partial charge is 0.344 e. The average Bonchev–Trinajstić information content (AvgIpc) is 2.61. The molecule has 0 saturated heterocycles. The van der Waals surface area contributed by atoms with Crippen LogP contribution in [0.15, 0.2) is 47.2 Å². The SMILES string of the molecule is O=C1O/C(=C\Br)C=C1c1ccccc1. The Labute approximate surface area is 90.0 Å². The Bertz CT molecular complexity index is 418. The molecular formula is C11H7BrO2. The minimum absolute atomic E-state index is 0.304.